The smallest absolute Gasteiger partial charge is 0.307 e. The van der Waals surface area contributed by atoms with E-state index in [0.717, 1.165) is 11.1 Å². The van der Waals surface area contributed by atoms with Crippen LogP contribution in [0.4, 0.5) is 0 Å². The Morgan fingerprint density at radius 2 is 2.06 bits per heavy atom. The van der Waals surface area contributed by atoms with Gasteiger partial charge >= 0.3 is 5.97 Å². The Balaban J connectivity index is 2.91. The average Bonchev–Trinajstić information content (AvgIpc) is 2.16. The molecule has 0 atom stereocenters. The Bertz CT molecular complexity index is 413. The van der Waals surface area contributed by atoms with E-state index in [1.54, 1.807) is 18.2 Å². The van der Waals surface area contributed by atoms with E-state index in [2.05, 4.69) is 15.9 Å². The monoisotopic (exact) mass is 284 g/mol. The van der Waals surface area contributed by atoms with Gasteiger partial charge < -0.3 is 5.11 Å². The third-order valence-electron chi connectivity index (χ3n) is 2.27. The van der Waals surface area contributed by atoms with Gasteiger partial charge in [0.1, 0.15) is 0 Å². The van der Waals surface area contributed by atoms with Crippen molar-refractivity contribution in [2.45, 2.75) is 19.8 Å². The standard InChI is InChI=1S/C12H13BrO3/c1-8-6-9(7-12(15)16)2-3-10(8)11(14)4-5-13/h2-3,6H,4-5,7H2,1H3,(H,15,16). The number of rotatable bonds is 5. The molecule has 3 nitrogen and oxygen atoms in total. The molecule has 1 N–H and O–H groups in total. The number of carboxylic acid groups (broad SMARTS) is 1. The molecule has 0 heterocycles. The van der Waals surface area contributed by atoms with Crippen LogP contribution in [-0.2, 0) is 11.2 Å². The molecule has 0 aliphatic carbocycles. The molecular formula is C12H13BrO3. The van der Waals surface area contributed by atoms with Gasteiger partial charge in [0.2, 0.25) is 0 Å². The van der Waals surface area contributed by atoms with Crippen LogP contribution in [0.5, 0.6) is 0 Å². The quantitative estimate of drug-likeness (QED) is 0.668. The highest BCUT2D eigenvalue weighted by atomic mass is 79.9. The summed E-state index contributed by atoms with van der Waals surface area (Å²) in [6.07, 6.45) is 0.451. The molecule has 86 valence electrons. The maximum Gasteiger partial charge on any atom is 0.307 e. The van der Waals surface area contributed by atoms with Crippen molar-refractivity contribution in [1.82, 2.24) is 0 Å². The minimum atomic E-state index is -0.862. The van der Waals surface area contributed by atoms with E-state index >= 15 is 0 Å². The number of hydrogen-bond donors (Lipinski definition) is 1. The molecule has 0 spiro atoms. The van der Waals surface area contributed by atoms with E-state index in [9.17, 15) is 9.59 Å². The molecule has 1 aromatic carbocycles. The van der Waals surface area contributed by atoms with Gasteiger partial charge in [-0.2, -0.15) is 0 Å². The van der Waals surface area contributed by atoms with Crippen LogP contribution in [0.25, 0.3) is 0 Å². The number of benzene rings is 1. The lowest BCUT2D eigenvalue weighted by Gasteiger charge is -2.05. The molecule has 0 aliphatic heterocycles. The summed E-state index contributed by atoms with van der Waals surface area (Å²) in [4.78, 5) is 22.2. The molecule has 0 saturated carbocycles. The number of aliphatic carboxylic acids is 1. The van der Waals surface area contributed by atoms with Crippen molar-refractivity contribution in [1.29, 1.82) is 0 Å². The molecule has 0 fully saturated rings. The maximum atomic E-state index is 11.7. The lowest BCUT2D eigenvalue weighted by Crippen LogP contribution is -2.05. The Kier molecular flexibility index (Phi) is 4.68. The van der Waals surface area contributed by atoms with Crippen LogP contribution in [0.15, 0.2) is 18.2 Å². The fourth-order valence-electron chi connectivity index (χ4n) is 1.54. The molecule has 1 aromatic rings. The number of hydrogen-bond acceptors (Lipinski definition) is 2. The topological polar surface area (TPSA) is 54.4 Å². The Morgan fingerprint density at radius 3 is 2.56 bits per heavy atom. The minimum absolute atomic E-state index is 0.00620. The van der Waals surface area contributed by atoms with Crippen LogP contribution >= 0.6 is 15.9 Å². The van der Waals surface area contributed by atoms with Crippen molar-refractivity contribution in [2.75, 3.05) is 5.33 Å². The van der Waals surface area contributed by atoms with Gasteiger partial charge in [0.05, 0.1) is 6.42 Å². The van der Waals surface area contributed by atoms with Gasteiger partial charge in [0.15, 0.2) is 5.78 Å². The summed E-state index contributed by atoms with van der Waals surface area (Å²) in [5, 5.41) is 9.29. The second kappa shape index (κ2) is 5.80. The summed E-state index contributed by atoms with van der Waals surface area (Å²) in [6, 6.07) is 5.16. The third-order valence-corrected chi connectivity index (χ3v) is 2.66. The lowest BCUT2D eigenvalue weighted by molar-refractivity contribution is -0.136. The number of alkyl halides is 1. The zero-order chi connectivity index (χ0) is 12.1. The van der Waals surface area contributed by atoms with Crippen molar-refractivity contribution in [2.24, 2.45) is 0 Å². The van der Waals surface area contributed by atoms with Gasteiger partial charge in [-0.05, 0) is 18.1 Å². The molecule has 4 heteroatoms. The number of aryl methyl sites for hydroxylation is 1. The number of carboxylic acids is 1. The highest BCUT2D eigenvalue weighted by molar-refractivity contribution is 9.09. The van der Waals surface area contributed by atoms with E-state index in [1.165, 1.54) is 0 Å². The lowest BCUT2D eigenvalue weighted by atomic mass is 9.99. The van der Waals surface area contributed by atoms with Crippen LogP contribution < -0.4 is 0 Å². The summed E-state index contributed by atoms with van der Waals surface area (Å²) in [6.45, 7) is 1.83. The van der Waals surface area contributed by atoms with Crippen molar-refractivity contribution in [3.63, 3.8) is 0 Å². The van der Waals surface area contributed by atoms with Gasteiger partial charge in [-0.1, -0.05) is 34.1 Å². The van der Waals surface area contributed by atoms with E-state index < -0.39 is 5.97 Å². The zero-order valence-electron chi connectivity index (χ0n) is 9.00. The SMILES string of the molecule is Cc1cc(CC(=O)O)ccc1C(=O)CCBr. The summed E-state index contributed by atoms with van der Waals surface area (Å²) < 4.78 is 0. The second-order valence-electron chi connectivity index (χ2n) is 3.58. The van der Waals surface area contributed by atoms with Crippen LogP contribution in [0, 0.1) is 6.92 Å². The molecule has 0 amide bonds. The predicted octanol–water partition coefficient (Wildman–Crippen LogP) is 2.59. The van der Waals surface area contributed by atoms with Gasteiger partial charge in [-0.25, -0.2) is 0 Å². The molecular weight excluding hydrogens is 272 g/mol. The third kappa shape index (κ3) is 3.45. The van der Waals surface area contributed by atoms with E-state index in [1.807, 2.05) is 6.92 Å². The number of halogens is 1. The summed E-state index contributed by atoms with van der Waals surface area (Å²) >= 11 is 3.22. The van der Waals surface area contributed by atoms with Gasteiger partial charge in [0, 0.05) is 17.3 Å². The predicted molar refractivity (Wildman–Crippen MR) is 65.3 cm³/mol. The molecule has 0 unspecified atom stereocenters. The summed E-state index contributed by atoms with van der Waals surface area (Å²) in [5.74, 6) is -0.782. The number of Topliss-reactive ketones (excluding diaryl/α,β-unsaturated/α-hetero) is 1. The maximum absolute atomic E-state index is 11.7. The average molecular weight is 285 g/mol. The highest BCUT2D eigenvalue weighted by Crippen LogP contribution is 2.14. The number of carbonyl (C=O) groups excluding carboxylic acids is 1. The zero-order valence-corrected chi connectivity index (χ0v) is 10.6. The second-order valence-corrected chi connectivity index (χ2v) is 4.37. The number of ketones is 1. The van der Waals surface area contributed by atoms with E-state index in [4.69, 9.17) is 5.11 Å². The van der Waals surface area contributed by atoms with Crippen LogP contribution in [0.2, 0.25) is 0 Å². The highest BCUT2D eigenvalue weighted by Gasteiger charge is 2.09. The Morgan fingerprint density at radius 1 is 1.38 bits per heavy atom. The van der Waals surface area contributed by atoms with Crippen LogP contribution in [-0.4, -0.2) is 22.2 Å². The largest absolute Gasteiger partial charge is 0.481 e. The van der Waals surface area contributed by atoms with Crippen molar-refractivity contribution in [3.8, 4) is 0 Å². The molecule has 1 rings (SSSR count). The van der Waals surface area contributed by atoms with Crippen molar-refractivity contribution >= 4 is 27.7 Å². The first-order valence-electron chi connectivity index (χ1n) is 4.95. The fourth-order valence-corrected chi connectivity index (χ4v) is 1.90. The fraction of sp³-hybridized carbons (Fsp3) is 0.333. The summed E-state index contributed by atoms with van der Waals surface area (Å²) in [7, 11) is 0. The molecule has 0 aliphatic rings. The van der Waals surface area contributed by atoms with E-state index in [0.29, 0.717) is 17.3 Å². The summed E-state index contributed by atoms with van der Waals surface area (Å²) in [5.41, 5.74) is 2.23. The first-order chi connectivity index (χ1) is 7.54. The first-order valence-corrected chi connectivity index (χ1v) is 6.07. The molecule has 0 radical (unpaired) electrons. The molecule has 0 bridgehead atoms. The van der Waals surface area contributed by atoms with Crippen LogP contribution in [0.3, 0.4) is 0 Å². The van der Waals surface area contributed by atoms with Gasteiger partial charge in [-0.3, -0.25) is 9.59 Å². The normalized spacial score (nSPS) is 10.1. The number of carbonyl (C=O) groups is 2. The minimum Gasteiger partial charge on any atom is -0.481 e. The molecule has 0 aromatic heterocycles. The first kappa shape index (κ1) is 12.9. The van der Waals surface area contributed by atoms with Crippen molar-refractivity contribution in [3.05, 3.63) is 34.9 Å². The van der Waals surface area contributed by atoms with Gasteiger partial charge in [0.25, 0.3) is 0 Å². The Labute approximate surface area is 103 Å². The Hall–Kier alpha value is -1.16. The molecule has 0 saturated heterocycles. The van der Waals surface area contributed by atoms with E-state index in [-0.39, 0.29) is 12.2 Å². The van der Waals surface area contributed by atoms with Crippen LogP contribution in [0.1, 0.15) is 27.9 Å². The van der Waals surface area contributed by atoms with Crippen molar-refractivity contribution < 1.29 is 14.7 Å². The molecule has 16 heavy (non-hydrogen) atoms. The van der Waals surface area contributed by atoms with Gasteiger partial charge in [-0.15, -0.1) is 0 Å².